The quantitative estimate of drug-likeness (QED) is 0.545. The maximum absolute atomic E-state index is 7.31. The van der Waals surface area contributed by atoms with E-state index in [2.05, 4.69) is 29.8 Å². The third-order valence-corrected chi connectivity index (χ3v) is 2.73. The van der Waals surface area contributed by atoms with Crippen LogP contribution in [0.3, 0.4) is 0 Å². The largest absolute Gasteiger partial charge is 0.388 e. The molecular formula is C14H24N4. The van der Waals surface area contributed by atoms with Crippen molar-refractivity contribution in [3.8, 4) is 0 Å². The first-order chi connectivity index (χ1) is 8.58. The lowest BCUT2D eigenvalue weighted by Crippen LogP contribution is -2.33. The Morgan fingerprint density at radius 2 is 2.17 bits per heavy atom. The van der Waals surface area contributed by atoms with E-state index in [1.165, 1.54) is 0 Å². The lowest BCUT2D eigenvalue weighted by Gasteiger charge is -2.23. The van der Waals surface area contributed by atoms with E-state index >= 15 is 0 Å². The van der Waals surface area contributed by atoms with E-state index in [9.17, 15) is 0 Å². The predicted molar refractivity (Wildman–Crippen MR) is 75.8 cm³/mol. The first-order valence-corrected chi connectivity index (χ1v) is 6.53. The van der Waals surface area contributed by atoms with Crippen LogP contribution in [0, 0.1) is 11.3 Å². The Morgan fingerprint density at radius 3 is 2.72 bits per heavy atom. The van der Waals surface area contributed by atoms with Crippen LogP contribution in [0.4, 0.5) is 0 Å². The molecule has 0 spiro atoms. The minimum atomic E-state index is 0.265. The maximum atomic E-state index is 7.31. The lowest BCUT2D eigenvalue weighted by atomic mass is 10.2. The Labute approximate surface area is 110 Å². The monoisotopic (exact) mass is 248 g/mol. The van der Waals surface area contributed by atoms with E-state index in [1.807, 2.05) is 18.3 Å². The first-order valence-electron chi connectivity index (χ1n) is 6.53. The Balaban J connectivity index is 2.42. The second-order valence-corrected chi connectivity index (χ2v) is 5.04. The van der Waals surface area contributed by atoms with Crippen molar-refractivity contribution in [3.05, 3.63) is 30.1 Å². The molecule has 4 nitrogen and oxygen atoms in total. The Bertz CT molecular complexity index is 348. The summed E-state index contributed by atoms with van der Waals surface area (Å²) in [6.07, 6.45) is 3.43. The average Bonchev–Trinajstić information content (AvgIpc) is 2.33. The minimum absolute atomic E-state index is 0.265. The van der Waals surface area contributed by atoms with Crippen LogP contribution in [0.15, 0.2) is 24.4 Å². The maximum Gasteiger partial charge on any atom is 0.0918 e. The molecule has 100 valence electrons. The van der Waals surface area contributed by atoms with Gasteiger partial charge < -0.3 is 10.6 Å². The molecular weight excluding hydrogens is 224 g/mol. The van der Waals surface area contributed by atoms with Gasteiger partial charge in [0.15, 0.2) is 0 Å². The summed E-state index contributed by atoms with van der Waals surface area (Å²) < 4.78 is 0. The summed E-state index contributed by atoms with van der Waals surface area (Å²) in [7, 11) is 0. The fourth-order valence-corrected chi connectivity index (χ4v) is 1.91. The predicted octanol–water partition coefficient (Wildman–Crippen LogP) is 1.91. The molecule has 0 aliphatic rings. The number of hydrogen-bond donors (Lipinski definition) is 2. The van der Waals surface area contributed by atoms with Gasteiger partial charge in [-0.15, -0.1) is 0 Å². The number of nitrogens with zero attached hydrogens (tertiary/aromatic N) is 2. The fraction of sp³-hybridized carbons (Fsp3) is 0.571. The van der Waals surface area contributed by atoms with Gasteiger partial charge in [-0.3, -0.25) is 10.4 Å². The van der Waals surface area contributed by atoms with E-state index in [4.69, 9.17) is 11.1 Å². The summed E-state index contributed by atoms with van der Waals surface area (Å²) in [6.45, 7) is 7.30. The van der Waals surface area contributed by atoms with Crippen molar-refractivity contribution in [2.45, 2.75) is 26.7 Å². The molecule has 0 aliphatic heterocycles. The molecule has 0 unspecified atom stereocenters. The number of amidine groups is 1. The molecule has 0 aromatic carbocycles. The molecule has 0 fully saturated rings. The van der Waals surface area contributed by atoms with E-state index in [0.717, 1.165) is 31.7 Å². The van der Waals surface area contributed by atoms with Crippen molar-refractivity contribution in [1.82, 2.24) is 9.88 Å². The second kappa shape index (κ2) is 7.82. The van der Waals surface area contributed by atoms with Gasteiger partial charge in [0.2, 0.25) is 0 Å². The zero-order valence-corrected chi connectivity index (χ0v) is 11.4. The molecule has 0 radical (unpaired) electrons. The zero-order chi connectivity index (χ0) is 13.4. The van der Waals surface area contributed by atoms with Crippen molar-refractivity contribution in [2.75, 3.05) is 19.6 Å². The molecule has 0 bridgehead atoms. The highest BCUT2D eigenvalue weighted by Gasteiger charge is 2.08. The molecule has 0 saturated heterocycles. The summed E-state index contributed by atoms with van der Waals surface area (Å²) in [5.74, 6) is 0.891. The van der Waals surface area contributed by atoms with Crippen LogP contribution >= 0.6 is 0 Å². The van der Waals surface area contributed by atoms with Gasteiger partial charge in [0, 0.05) is 44.4 Å². The van der Waals surface area contributed by atoms with Crippen molar-refractivity contribution in [1.29, 1.82) is 5.41 Å². The van der Waals surface area contributed by atoms with Crippen molar-refractivity contribution in [2.24, 2.45) is 11.7 Å². The van der Waals surface area contributed by atoms with Crippen LogP contribution in [0.1, 0.15) is 26.0 Å². The third-order valence-electron chi connectivity index (χ3n) is 2.73. The van der Waals surface area contributed by atoms with E-state index in [-0.39, 0.29) is 5.84 Å². The van der Waals surface area contributed by atoms with Crippen LogP contribution in [0.25, 0.3) is 0 Å². The van der Waals surface area contributed by atoms with E-state index in [0.29, 0.717) is 12.3 Å². The van der Waals surface area contributed by atoms with Crippen LogP contribution < -0.4 is 5.73 Å². The summed E-state index contributed by atoms with van der Waals surface area (Å²) in [5.41, 5.74) is 6.54. The van der Waals surface area contributed by atoms with E-state index < -0.39 is 0 Å². The molecule has 0 aliphatic carbocycles. The standard InChI is InChI=1S/C14H24N4/c1-12(2)11-18(10-7-14(15)16)9-6-13-5-3-4-8-17-13/h3-5,8,12H,6-7,9-11H2,1-2H3,(H3,15,16). The molecule has 1 aromatic heterocycles. The number of nitrogens with two attached hydrogens (primary N) is 1. The minimum Gasteiger partial charge on any atom is -0.388 e. The van der Waals surface area contributed by atoms with Gasteiger partial charge in [0.05, 0.1) is 5.84 Å². The summed E-state index contributed by atoms with van der Waals surface area (Å²) >= 11 is 0. The first kappa shape index (κ1) is 14.6. The van der Waals surface area contributed by atoms with Gasteiger partial charge in [-0.1, -0.05) is 19.9 Å². The molecule has 0 atom stereocenters. The summed E-state index contributed by atoms with van der Waals surface area (Å²) in [4.78, 5) is 6.69. The normalized spacial score (nSPS) is 11.1. The molecule has 0 saturated carbocycles. The van der Waals surface area contributed by atoms with Crippen LogP contribution in [-0.2, 0) is 6.42 Å². The van der Waals surface area contributed by atoms with E-state index in [1.54, 1.807) is 0 Å². The number of nitrogens with one attached hydrogen (secondary N) is 1. The SMILES string of the molecule is CC(C)CN(CCC(=N)N)CCc1ccccn1. The van der Waals surface area contributed by atoms with Crippen molar-refractivity contribution < 1.29 is 0 Å². The van der Waals surface area contributed by atoms with Crippen molar-refractivity contribution >= 4 is 5.84 Å². The van der Waals surface area contributed by atoms with Gasteiger partial charge in [0.25, 0.3) is 0 Å². The fourth-order valence-electron chi connectivity index (χ4n) is 1.91. The van der Waals surface area contributed by atoms with Gasteiger partial charge in [-0.05, 0) is 18.1 Å². The third kappa shape index (κ3) is 6.35. The number of pyridine rings is 1. The van der Waals surface area contributed by atoms with Crippen LogP contribution in [0.5, 0.6) is 0 Å². The highest BCUT2D eigenvalue weighted by molar-refractivity contribution is 5.76. The van der Waals surface area contributed by atoms with Crippen LogP contribution in [-0.4, -0.2) is 35.4 Å². The molecule has 4 heteroatoms. The zero-order valence-electron chi connectivity index (χ0n) is 11.4. The number of aromatic nitrogens is 1. The average molecular weight is 248 g/mol. The molecule has 1 rings (SSSR count). The van der Waals surface area contributed by atoms with Crippen molar-refractivity contribution in [3.63, 3.8) is 0 Å². The molecule has 0 amide bonds. The Morgan fingerprint density at radius 1 is 1.39 bits per heavy atom. The van der Waals surface area contributed by atoms with Crippen LogP contribution in [0.2, 0.25) is 0 Å². The molecule has 18 heavy (non-hydrogen) atoms. The molecule has 3 N–H and O–H groups in total. The van der Waals surface area contributed by atoms with Gasteiger partial charge in [-0.25, -0.2) is 0 Å². The molecule has 1 heterocycles. The highest BCUT2D eigenvalue weighted by Crippen LogP contribution is 2.03. The van der Waals surface area contributed by atoms with Gasteiger partial charge in [-0.2, -0.15) is 0 Å². The number of hydrogen-bond acceptors (Lipinski definition) is 3. The van der Waals surface area contributed by atoms with Gasteiger partial charge in [0.1, 0.15) is 0 Å². The topological polar surface area (TPSA) is 66.0 Å². The smallest absolute Gasteiger partial charge is 0.0918 e. The lowest BCUT2D eigenvalue weighted by molar-refractivity contribution is 0.252. The summed E-state index contributed by atoms with van der Waals surface area (Å²) in [5, 5.41) is 7.31. The Kier molecular flexibility index (Phi) is 6.36. The van der Waals surface area contributed by atoms with Gasteiger partial charge >= 0.3 is 0 Å². The Hall–Kier alpha value is -1.42. The number of rotatable bonds is 8. The summed E-state index contributed by atoms with van der Waals surface area (Å²) in [6, 6.07) is 6.01. The second-order valence-electron chi connectivity index (χ2n) is 5.04. The highest BCUT2D eigenvalue weighted by atomic mass is 15.1. The molecule has 1 aromatic rings.